The summed E-state index contributed by atoms with van der Waals surface area (Å²) in [4.78, 5) is 18.8. The molecule has 4 rings (SSSR count). The van der Waals surface area contributed by atoms with Crippen LogP contribution in [0.2, 0.25) is 0 Å². The van der Waals surface area contributed by atoms with Gasteiger partial charge in [0, 0.05) is 12.6 Å². The smallest absolute Gasteiger partial charge is 0.279 e. The van der Waals surface area contributed by atoms with Crippen LogP contribution in [0.4, 0.5) is 0 Å². The Morgan fingerprint density at radius 2 is 1.30 bits per heavy atom. The van der Waals surface area contributed by atoms with Crippen molar-refractivity contribution in [1.29, 1.82) is 0 Å². The molecule has 0 fully saturated rings. The summed E-state index contributed by atoms with van der Waals surface area (Å²) >= 11 is 1.53. The fraction of sp³-hybridized carbons (Fsp3) is 0.0435. The zero-order valence-corrected chi connectivity index (χ0v) is 15.7. The molecule has 4 aromatic rings. The molecule has 4 heteroatoms. The van der Waals surface area contributed by atoms with Crippen molar-refractivity contribution in [3.05, 3.63) is 101 Å². The summed E-state index contributed by atoms with van der Waals surface area (Å²) in [5.41, 5.74) is 3.87. The molecule has 0 spiro atoms. The van der Waals surface area contributed by atoms with Crippen LogP contribution < -0.4 is 4.80 Å². The van der Waals surface area contributed by atoms with Crippen molar-refractivity contribution in [2.24, 2.45) is 12.0 Å². The van der Waals surface area contributed by atoms with Crippen LogP contribution >= 0.6 is 11.3 Å². The Morgan fingerprint density at radius 1 is 0.778 bits per heavy atom. The van der Waals surface area contributed by atoms with Crippen LogP contribution in [0.1, 0.15) is 10.4 Å². The fourth-order valence-electron chi connectivity index (χ4n) is 2.99. The topological polar surface area (TPSA) is 34.4 Å². The van der Waals surface area contributed by atoms with Gasteiger partial charge >= 0.3 is 0 Å². The van der Waals surface area contributed by atoms with Gasteiger partial charge in [-0.1, -0.05) is 90.2 Å². The number of nitrogens with zero attached hydrogens (tertiary/aromatic N) is 2. The van der Waals surface area contributed by atoms with Gasteiger partial charge in [-0.05, 0) is 23.3 Å². The first-order valence-corrected chi connectivity index (χ1v) is 9.50. The molecule has 3 aromatic carbocycles. The first kappa shape index (κ1) is 17.2. The third-order valence-electron chi connectivity index (χ3n) is 4.33. The highest BCUT2D eigenvalue weighted by atomic mass is 32.1. The second-order valence-electron chi connectivity index (χ2n) is 6.14. The van der Waals surface area contributed by atoms with Crippen LogP contribution in [0.15, 0.2) is 96.0 Å². The van der Waals surface area contributed by atoms with E-state index in [2.05, 4.69) is 29.3 Å². The lowest BCUT2D eigenvalue weighted by molar-refractivity contribution is 0.0998. The van der Waals surface area contributed by atoms with E-state index in [0.29, 0.717) is 10.4 Å². The number of hydrogen-bond donors (Lipinski definition) is 0. The van der Waals surface area contributed by atoms with Crippen molar-refractivity contribution < 1.29 is 4.79 Å². The second kappa shape index (κ2) is 7.56. The SMILES string of the molecule is Cn1c(-c2ccccc2)c(-c2ccccc2)sc1=NC(=O)c1ccccc1. The van der Waals surface area contributed by atoms with Gasteiger partial charge in [-0.3, -0.25) is 4.79 Å². The second-order valence-corrected chi connectivity index (χ2v) is 7.11. The lowest BCUT2D eigenvalue weighted by Crippen LogP contribution is -2.14. The number of carbonyl (C=O) groups is 1. The summed E-state index contributed by atoms with van der Waals surface area (Å²) in [5.74, 6) is -0.230. The first-order valence-electron chi connectivity index (χ1n) is 8.69. The third kappa shape index (κ3) is 3.52. The molecule has 3 nitrogen and oxygen atoms in total. The Kier molecular flexibility index (Phi) is 4.81. The highest BCUT2D eigenvalue weighted by Crippen LogP contribution is 2.34. The van der Waals surface area contributed by atoms with Crippen LogP contribution in [-0.4, -0.2) is 10.5 Å². The van der Waals surface area contributed by atoms with E-state index in [9.17, 15) is 4.79 Å². The van der Waals surface area contributed by atoms with E-state index in [1.807, 2.05) is 66.2 Å². The quantitative estimate of drug-likeness (QED) is 0.490. The van der Waals surface area contributed by atoms with Crippen molar-refractivity contribution in [1.82, 2.24) is 4.57 Å². The number of amides is 1. The molecule has 1 amide bonds. The van der Waals surface area contributed by atoms with E-state index in [0.717, 1.165) is 21.7 Å². The molecule has 0 saturated carbocycles. The Labute approximate surface area is 161 Å². The molecule has 0 bridgehead atoms. The van der Waals surface area contributed by atoms with Crippen molar-refractivity contribution in [2.75, 3.05) is 0 Å². The molecular weight excluding hydrogens is 352 g/mol. The molecule has 0 unspecified atom stereocenters. The number of carbonyl (C=O) groups excluding carboxylic acids is 1. The summed E-state index contributed by atoms with van der Waals surface area (Å²) in [7, 11) is 1.96. The third-order valence-corrected chi connectivity index (χ3v) is 5.51. The molecule has 0 aliphatic rings. The molecular formula is C23H18N2OS. The van der Waals surface area contributed by atoms with Gasteiger partial charge in [0.1, 0.15) is 0 Å². The van der Waals surface area contributed by atoms with E-state index >= 15 is 0 Å². The van der Waals surface area contributed by atoms with Gasteiger partial charge in [-0.15, -0.1) is 0 Å². The van der Waals surface area contributed by atoms with Gasteiger partial charge < -0.3 is 4.57 Å². The number of thiazole rings is 1. The standard InChI is InChI=1S/C23H18N2OS/c1-25-20(17-11-5-2-6-12-17)21(18-13-7-3-8-14-18)27-23(25)24-22(26)19-15-9-4-10-16-19/h2-16H,1H3. The van der Waals surface area contributed by atoms with Crippen LogP contribution in [0.3, 0.4) is 0 Å². The molecule has 0 radical (unpaired) electrons. The van der Waals surface area contributed by atoms with Crippen molar-refractivity contribution >= 4 is 17.2 Å². The summed E-state index contributed by atoms with van der Waals surface area (Å²) in [6, 6.07) is 29.6. The van der Waals surface area contributed by atoms with Gasteiger partial charge in [0.05, 0.1) is 10.6 Å². The number of rotatable bonds is 3. The summed E-state index contributed by atoms with van der Waals surface area (Å²) in [5, 5.41) is 0. The molecule has 1 aromatic heterocycles. The lowest BCUT2D eigenvalue weighted by atomic mass is 10.1. The molecule has 0 saturated heterocycles. The highest BCUT2D eigenvalue weighted by Gasteiger charge is 2.15. The number of aromatic nitrogens is 1. The minimum atomic E-state index is -0.230. The average Bonchev–Trinajstić information content (AvgIpc) is 3.06. The maximum absolute atomic E-state index is 12.6. The Bertz CT molecular complexity index is 1130. The van der Waals surface area contributed by atoms with Gasteiger partial charge in [-0.25, -0.2) is 0 Å². The Balaban J connectivity index is 1.91. The predicted molar refractivity (Wildman–Crippen MR) is 110 cm³/mol. The van der Waals surface area contributed by atoms with Crippen molar-refractivity contribution in [3.8, 4) is 21.7 Å². The van der Waals surface area contributed by atoms with Crippen molar-refractivity contribution in [3.63, 3.8) is 0 Å². The summed E-state index contributed by atoms with van der Waals surface area (Å²) < 4.78 is 2.00. The van der Waals surface area contributed by atoms with E-state index in [4.69, 9.17) is 0 Å². The summed E-state index contributed by atoms with van der Waals surface area (Å²) in [6.45, 7) is 0. The van der Waals surface area contributed by atoms with Gasteiger partial charge in [0.15, 0.2) is 4.80 Å². The van der Waals surface area contributed by atoms with E-state index < -0.39 is 0 Å². The molecule has 0 N–H and O–H groups in total. The molecule has 1 heterocycles. The van der Waals surface area contributed by atoms with E-state index in [1.165, 1.54) is 11.3 Å². The molecule has 0 atom stereocenters. The van der Waals surface area contributed by atoms with Crippen molar-refractivity contribution in [2.45, 2.75) is 0 Å². The van der Waals surface area contributed by atoms with Crippen LogP contribution in [0.25, 0.3) is 21.7 Å². The zero-order valence-electron chi connectivity index (χ0n) is 14.9. The molecule has 27 heavy (non-hydrogen) atoms. The minimum Gasteiger partial charge on any atom is -0.319 e. The Hall–Kier alpha value is -3.24. The average molecular weight is 370 g/mol. The lowest BCUT2D eigenvalue weighted by Gasteiger charge is -2.07. The Morgan fingerprint density at radius 3 is 1.89 bits per heavy atom. The van der Waals surface area contributed by atoms with Gasteiger partial charge in [0.2, 0.25) is 0 Å². The van der Waals surface area contributed by atoms with E-state index in [-0.39, 0.29) is 5.91 Å². The van der Waals surface area contributed by atoms with Gasteiger partial charge in [0.25, 0.3) is 5.91 Å². The molecule has 0 aliphatic carbocycles. The number of benzene rings is 3. The van der Waals surface area contributed by atoms with Crippen LogP contribution in [0, 0.1) is 0 Å². The van der Waals surface area contributed by atoms with Crippen LogP contribution in [-0.2, 0) is 7.05 Å². The highest BCUT2D eigenvalue weighted by molar-refractivity contribution is 7.13. The maximum Gasteiger partial charge on any atom is 0.279 e. The largest absolute Gasteiger partial charge is 0.319 e. The zero-order chi connectivity index (χ0) is 18.6. The minimum absolute atomic E-state index is 0.230. The maximum atomic E-state index is 12.6. The first-order chi connectivity index (χ1) is 13.2. The normalized spacial score (nSPS) is 11.5. The monoisotopic (exact) mass is 370 g/mol. The van der Waals surface area contributed by atoms with E-state index in [1.54, 1.807) is 12.1 Å². The van der Waals surface area contributed by atoms with Gasteiger partial charge in [-0.2, -0.15) is 4.99 Å². The van der Waals surface area contributed by atoms with Crippen LogP contribution in [0.5, 0.6) is 0 Å². The molecule has 0 aliphatic heterocycles. The molecule has 132 valence electrons. The summed E-state index contributed by atoms with van der Waals surface area (Å²) in [6.07, 6.45) is 0. The number of hydrogen-bond acceptors (Lipinski definition) is 2. The fourth-order valence-corrected chi connectivity index (χ4v) is 4.14. The predicted octanol–water partition coefficient (Wildman–Crippen LogP) is 5.16.